The fourth-order valence-electron chi connectivity index (χ4n) is 3.71. The summed E-state index contributed by atoms with van der Waals surface area (Å²) in [6, 6.07) is 11.3. The Kier molecular flexibility index (Phi) is 5.17. The summed E-state index contributed by atoms with van der Waals surface area (Å²) in [5, 5.41) is 1.89. The summed E-state index contributed by atoms with van der Waals surface area (Å²) in [4.78, 5) is 43.0. The van der Waals surface area contributed by atoms with Crippen LogP contribution in [0.25, 0.3) is 0 Å². The highest BCUT2D eigenvalue weighted by molar-refractivity contribution is 7.12. The minimum absolute atomic E-state index is 0.0258. The molecule has 0 radical (unpaired) electrons. The van der Waals surface area contributed by atoms with Crippen LogP contribution in [-0.4, -0.2) is 66.7 Å². The van der Waals surface area contributed by atoms with E-state index in [2.05, 4.69) is 4.90 Å². The second-order valence-electron chi connectivity index (χ2n) is 7.30. The van der Waals surface area contributed by atoms with E-state index < -0.39 is 0 Å². The largest absolute Gasteiger partial charge is 0.368 e. The molecular formula is C21H23N3O3S. The van der Waals surface area contributed by atoms with Crippen LogP contribution in [0.4, 0.5) is 5.69 Å². The lowest BCUT2D eigenvalue weighted by Gasteiger charge is -2.43. The zero-order valence-corrected chi connectivity index (χ0v) is 16.7. The van der Waals surface area contributed by atoms with Gasteiger partial charge in [0.15, 0.2) is 5.78 Å². The van der Waals surface area contributed by atoms with Crippen molar-refractivity contribution < 1.29 is 14.4 Å². The van der Waals surface area contributed by atoms with Gasteiger partial charge in [0, 0.05) is 50.5 Å². The van der Waals surface area contributed by atoms with E-state index in [1.165, 1.54) is 11.3 Å². The van der Waals surface area contributed by atoms with Gasteiger partial charge in [0.1, 0.15) is 0 Å². The quantitative estimate of drug-likeness (QED) is 0.743. The molecule has 0 N–H and O–H groups in total. The van der Waals surface area contributed by atoms with E-state index in [-0.39, 0.29) is 23.5 Å². The molecule has 3 heterocycles. The SMILES string of the molecule is CC(=O)c1ccc(N2CCN(C(=O)C3CN(C(=O)c4cccs4)C3)CC2)cc1. The predicted octanol–water partition coefficient (Wildman–Crippen LogP) is 2.37. The van der Waals surface area contributed by atoms with Crippen LogP contribution in [0, 0.1) is 5.92 Å². The van der Waals surface area contributed by atoms with E-state index in [0.29, 0.717) is 31.7 Å². The van der Waals surface area contributed by atoms with Crippen molar-refractivity contribution in [3.05, 3.63) is 52.2 Å². The molecule has 0 aliphatic carbocycles. The third-order valence-electron chi connectivity index (χ3n) is 5.48. The third-order valence-corrected chi connectivity index (χ3v) is 6.34. The monoisotopic (exact) mass is 397 g/mol. The van der Waals surface area contributed by atoms with Gasteiger partial charge in [0.25, 0.3) is 5.91 Å². The number of nitrogens with zero attached hydrogens (tertiary/aromatic N) is 3. The van der Waals surface area contributed by atoms with Crippen LogP contribution in [0.15, 0.2) is 41.8 Å². The number of hydrogen-bond acceptors (Lipinski definition) is 5. The molecule has 0 spiro atoms. The highest BCUT2D eigenvalue weighted by atomic mass is 32.1. The lowest BCUT2D eigenvalue weighted by molar-refractivity contribution is -0.140. The Hall–Kier alpha value is -2.67. The van der Waals surface area contributed by atoms with Crippen LogP contribution in [0.2, 0.25) is 0 Å². The summed E-state index contributed by atoms with van der Waals surface area (Å²) in [5.74, 6) is 0.166. The Balaban J connectivity index is 1.27. The minimum atomic E-state index is -0.0784. The van der Waals surface area contributed by atoms with E-state index in [1.807, 2.05) is 46.7 Å². The number of anilines is 1. The zero-order chi connectivity index (χ0) is 19.7. The van der Waals surface area contributed by atoms with Gasteiger partial charge in [0.2, 0.25) is 5.91 Å². The molecule has 2 saturated heterocycles. The maximum absolute atomic E-state index is 12.7. The number of carbonyl (C=O) groups excluding carboxylic acids is 3. The van der Waals surface area contributed by atoms with Gasteiger partial charge >= 0.3 is 0 Å². The standard InChI is InChI=1S/C21H23N3O3S/c1-15(25)16-4-6-18(7-5-16)22-8-10-23(11-9-22)20(26)17-13-24(14-17)21(27)19-3-2-12-28-19/h2-7,12,17H,8-11,13-14H2,1H3. The van der Waals surface area contributed by atoms with Crippen LogP contribution in [0.1, 0.15) is 27.0 Å². The van der Waals surface area contributed by atoms with Crippen molar-refractivity contribution in [2.75, 3.05) is 44.2 Å². The summed E-state index contributed by atoms with van der Waals surface area (Å²) in [5.41, 5.74) is 1.79. The molecule has 146 valence electrons. The van der Waals surface area contributed by atoms with Gasteiger partial charge < -0.3 is 14.7 Å². The zero-order valence-electron chi connectivity index (χ0n) is 15.8. The van der Waals surface area contributed by atoms with Crippen molar-refractivity contribution in [3.8, 4) is 0 Å². The fourth-order valence-corrected chi connectivity index (χ4v) is 4.40. The number of hydrogen-bond donors (Lipinski definition) is 0. The second kappa shape index (κ2) is 7.75. The topological polar surface area (TPSA) is 60.9 Å². The molecule has 28 heavy (non-hydrogen) atoms. The number of benzene rings is 1. The highest BCUT2D eigenvalue weighted by Crippen LogP contribution is 2.24. The molecule has 2 fully saturated rings. The average molecular weight is 398 g/mol. The number of carbonyl (C=O) groups is 3. The average Bonchev–Trinajstić information content (AvgIpc) is 3.22. The number of amides is 2. The maximum Gasteiger partial charge on any atom is 0.263 e. The number of thiophene rings is 1. The third kappa shape index (κ3) is 3.67. The first-order valence-corrected chi connectivity index (χ1v) is 10.4. The predicted molar refractivity (Wildman–Crippen MR) is 109 cm³/mol. The Morgan fingerprint density at radius 3 is 2.18 bits per heavy atom. The van der Waals surface area contributed by atoms with Gasteiger partial charge in [-0.3, -0.25) is 14.4 Å². The van der Waals surface area contributed by atoms with Gasteiger partial charge in [-0.15, -0.1) is 11.3 Å². The van der Waals surface area contributed by atoms with Crippen LogP contribution in [0.3, 0.4) is 0 Å². The Labute approximate surface area is 168 Å². The lowest BCUT2D eigenvalue weighted by atomic mass is 9.97. The van der Waals surface area contributed by atoms with E-state index in [1.54, 1.807) is 11.8 Å². The Morgan fingerprint density at radius 2 is 1.61 bits per heavy atom. The van der Waals surface area contributed by atoms with Crippen LogP contribution in [0.5, 0.6) is 0 Å². The number of piperazine rings is 1. The molecule has 2 aliphatic heterocycles. The van der Waals surface area contributed by atoms with Gasteiger partial charge in [-0.05, 0) is 42.6 Å². The van der Waals surface area contributed by atoms with Gasteiger partial charge in [-0.25, -0.2) is 0 Å². The molecule has 0 bridgehead atoms. The van der Waals surface area contributed by atoms with E-state index in [9.17, 15) is 14.4 Å². The van der Waals surface area contributed by atoms with E-state index >= 15 is 0 Å². The molecule has 1 aromatic heterocycles. The lowest BCUT2D eigenvalue weighted by Crippen LogP contribution is -2.59. The highest BCUT2D eigenvalue weighted by Gasteiger charge is 2.39. The Bertz CT molecular complexity index is 865. The van der Waals surface area contributed by atoms with Crippen molar-refractivity contribution in [1.29, 1.82) is 0 Å². The first-order valence-electron chi connectivity index (χ1n) is 9.50. The fraction of sp³-hybridized carbons (Fsp3) is 0.381. The molecular weight excluding hydrogens is 374 g/mol. The molecule has 6 nitrogen and oxygen atoms in total. The molecule has 0 saturated carbocycles. The first kappa shape index (κ1) is 18.7. The summed E-state index contributed by atoms with van der Waals surface area (Å²) < 4.78 is 0. The summed E-state index contributed by atoms with van der Waals surface area (Å²) >= 11 is 1.44. The van der Waals surface area contributed by atoms with E-state index in [0.717, 1.165) is 23.7 Å². The Morgan fingerprint density at radius 1 is 0.929 bits per heavy atom. The molecule has 0 unspecified atom stereocenters. The van der Waals surface area contributed by atoms with Crippen LogP contribution >= 0.6 is 11.3 Å². The minimum Gasteiger partial charge on any atom is -0.368 e. The number of Topliss-reactive ketones (excluding diaryl/α,β-unsaturated/α-hetero) is 1. The molecule has 4 rings (SSSR count). The number of ketones is 1. The molecule has 0 atom stereocenters. The van der Waals surface area contributed by atoms with Crippen molar-refractivity contribution in [1.82, 2.24) is 9.80 Å². The molecule has 1 aromatic carbocycles. The summed E-state index contributed by atoms with van der Waals surface area (Å²) in [6.07, 6.45) is 0. The number of rotatable bonds is 4. The number of likely N-dealkylation sites (tertiary alicyclic amines) is 1. The second-order valence-corrected chi connectivity index (χ2v) is 8.25. The molecule has 7 heteroatoms. The van der Waals surface area contributed by atoms with Gasteiger partial charge in [-0.1, -0.05) is 6.07 Å². The smallest absolute Gasteiger partial charge is 0.263 e. The normalized spacial score (nSPS) is 17.4. The summed E-state index contributed by atoms with van der Waals surface area (Å²) in [6.45, 7) is 5.51. The molecule has 2 amide bonds. The first-order chi connectivity index (χ1) is 13.5. The van der Waals surface area contributed by atoms with Crippen LogP contribution in [-0.2, 0) is 4.79 Å². The van der Waals surface area contributed by atoms with Crippen molar-refractivity contribution >= 4 is 34.6 Å². The van der Waals surface area contributed by atoms with Gasteiger partial charge in [-0.2, -0.15) is 0 Å². The molecule has 2 aromatic rings. The van der Waals surface area contributed by atoms with Gasteiger partial charge in [0.05, 0.1) is 10.8 Å². The summed E-state index contributed by atoms with van der Waals surface area (Å²) in [7, 11) is 0. The molecule has 2 aliphatic rings. The maximum atomic E-state index is 12.7. The van der Waals surface area contributed by atoms with Crippen molar-refractivity contribution in [2.24, 2.45) is 5.92 Å². The van der Waals surface area contributed by atoms with Crippen molar-refractivity contribution in [3.63, 3.8) is 0 Å². The van der Waals surface area contributed by atoms with Crippen LogP contribution < -0.4 is 4.90 Å². The van der Waals surface area contributed by atoms with E-state index in [4.69, 9.17) is 0 Å². The van der Waals surface area contributed by atoms with Crippen molar-refractivity contribution in [2.45, 2.75) is 6.92 Å².